The summed E-state index contributed by atoms with van der Waals surface area (Å²) in [6.07, 6.45) is 3.03. The number of carbonyl (C=O) groups excluding carboxylic acids is 1. The molecule has 0 aromatic heterocycles. The minimum atomic E-state index is -0.176. The molecule has 1 N–H and O–H groups in total. The fourth-order valence-electron chi connectivity index (χ4n) is 3.42. The van der Waals surface area contributed by atoms with Crippen molar-refractivity contribution in [2.75, 3.05) is 6.54 Å². The quantitative estimate of drug-likeness (QED) is 0.731. The van der Waals surface area contributed by atoms with Gasteiger partial charge >= 0.3 is 0 Å². The molecule has 0 radical (unpaired) electrons. The standard InChI is InChI=1S/C13H19N3O/c1-13(2)3-4-15-11(13)12(17)16-9(7-14)5-8-6-10(8)16/h8-11,15H,3-6H2,1-2H3/t8-,9?,10+,11?/m1/s1. The minimum absolute atomic E-state index is 0.0179. The van der Waals surface area contributed by atoms with Crippen molar-refractivity contribution >= 4 is 5.91 Å². The zero-order valence-corrected chi connectivity index (χ0v) is 10.4. The lowest BCUT2D eigenvalue weighted by atomic mass is 9.84. The van der Waals surface area contributed by atoms with Crippen LogP contribution in [0.2, 0.25) is 0 Å². The van der Waals surface area contributed by atoms with Crippen LogP contribution < -0.4 is 5.32 Å². The molecule has 4 atom stereocenters. The van der Waals surface area contributed by atoms with E-state index in [2.05, 4.69) is 25.2 Å². The topological polar surface area (TPSA) is 56.1 Å². The number of carbonyl (C=O) groups is 1. The zero-order chi connectivity index (χ0) is 12.2. The van der Waals surface area contributed by atoms with Gasteiger partial charge in [0.05, 0.1) is 12.1 Å². The fourth-order valence-corrected chi connectivity index (χ4v) is 3.42. The van der Waals surface area contributed by atoms with Crippen molar-refractivity contribution in [3.63, 3.8) is 0 Å². The van der Waals surface area contributed by atoms with Crippen LogP contribution in [0.5, 0.6) is 0 Å². The average Bonchev–Trinajstić information content (AvgIpc) is 2.79. The number of amides is 1. The molecule has 2 unspecified atom stereocenters. The maximum Gasteiger partial charge on any atom is 0.241 e. The smallest absolute Gasteiger partial charge is 0.241 e. The number of hydrogen-bond acceptors (Lipinski definition) is 3. The van der Waals surface area contributed by atoms with Gasteiger partial charge in [0, 0.05) is 6.04 Å². The van der Waals surface area contributed by atoms with Crippen LogP contribution in [0.3, 0.4) is 0 Å². The molecular weight excluding hydrogens is 214 g/mol. The number of fused-ring (bicyclic) bond motifs is 1. The molecule has 4 nitrogen and oxygen atoms in total. The fraction of sp³-hybridized carbons (Fsp3) is 0.846. The first-order valence-corrected chi connectivity index (χ1v) is 6.50. The highest BCUT2D eigenvalue weighted by Crippen LogP contribution is 2.48. The number of nitriles is 1. The van der Waals surface area contributed by atoms with Crippen molar-refractivity contribution in [3.8, 4) is 6.07 Å². The molecule has 0 aromatic carbocycles. The molecule has 2 aliphatic heterocycles. The second-order valence-electron chi connectivity index (χ2n) is 6.31. The lowest BCUT2D eigenvalue weighted by Gasteiger charge is -2.32. The van der Waals surface area contributed by atoms with Crippen molar-refractivity contribution in [3.05, 3.63) is 0 Å². The van der Waals surface area contributed by atoms with E-state index in [1.165, 1.54) is 0 Å². The van der Waals surface area contributed by atoms with Crippen LogP contribution in [0.4, 0.5) is 0 Å². The molecule has 3 rings (SSSR count). The van der Waals surface area contributed by atoms with Crippen LogP contribution in [0.15, 0.2) is 0 Å². The lowest BCUT2D eigenvalue weighted by Crippen LogP contribution is -2.51. The average molecular weight is 233 g/mol. The first-order valence-electron chi connectivity index (χ1n) is 6.50. The number of likely N-dealkylation sites (tertiary alicyclic amines) is 1. The minimum Gasteiger partial charge on any atom is -0.322 e. The van der Waals surface area contributed by atoms with Crippen LogP contribution in [0.1, 0.15) is 33.1 Å². The summed E-state index contributed by atoms with van der Waals surface area (Å²) in [4.78, 5) is 14.5. The summed E-state index contributed by atoms with van der Waals surface area (Å²) in [5.74, 6) is 0.761. The lowest BCUT2D eigenvalue weighted by molar-refractivity contribution is -0.136. The molecule has 0 bridgehead atoms. The third-order valence-corrected chi connectivity index (χ3v) is 4.65. The molecule has 2 heterocycles. The summed E-state index contributed by atoms with van der Waals surface area (Å²) in [7, 11) is 0. The summed E-state index contributed by atoms with van der Waals surface area (Å²) in [6, 6.07) is 2.37. The first kappa shape index (κ1) is 11.0. The first-order chi connectivity index (χ1) is 8.04. The Morgan fingerprint density at radius 2 is 2.24 bits per heavy atom. The second-order valence-corrected chi connectivity index (χ2v) is 6.31. The van der Waals surface area contributed by atoms with Crippen LogP contribution in [-0.2, 0) is 4.79 Å². The molecule has 3 fully saturated rings. The van der Waals surface area contributed by atoms with Crippen LogP contribution in [0.25, 0.3) is 0 Å². The maximum absolute atomic E-state index is 12.6. The zero-order valence-electron chi connectivity index (χ0n) is 10.4. The van der Waals surface area contributed by atoms with Gasteiger partial charge in [-0.2, -0.15) is 5.26 Å². The highest BCUT2D eigenvalue weighted by atomic mass is 16.2. The van der Waals surface area contributed by atoms with E-state index >= 15 is 0 Å². The van der Waals surface area contributed by atoms with Gasteiger partial charge in [-0.05, 0) is 37.1 Å². The maximum atomic E-state index is 12.6. The molecule has 1 amide bonds. The second kappa shape index (κ2) is 3.46. The molecule has 17 heavy (non-hydrogen) atoms. The van der Waals surface area contributed by atoms with Crippen molar-refractivity contribution in [2.24, 2.45) is 11.3 Å². The predicted octanol–water partition coefficient (Wildman–Crippen LogP) is 0.887. The van der Waals surface area contributed by atoms with E-state index in [0.717, 1.165) is 25.8 Å². The normalized spacial score (nSPS) is 42.1. The van der Waals surface area contributed by atoms with Gasteiger partial charge < -0.3 is 10.2 Å². The molecule has 1 aliphatic carbocycles. The third-order valence-electron chi connectivity index (χ3n) is 4.65. The van der Waals surface area contributed by atoms with E-state index in [-0.39, 0.29) is 23.4 Å². The summed E-state index contributed by atoms with van der Waals surface area (Å²) in [5, 5.41) is 12.4. The Hall–Kier alpha value is -1.08. The van der Waals surface area contributed by atoms with Crippen LogP contribution >= 0.6 is 0 Å². The number of nitrogens with one attached hydrogen (secondary N) is 1. The Morgan fingerprint density at radius 3 is 2.82 bits per heavy atom. The van der Waals surface area contributed by atoms with Gasteiger partial charge in [0.2, 0.25) is 5.91 Å². The molecule has 92 valence electrons. The number of rotatable bonds is 1. The van der Waals surface area contributed by atoms with E-state index in [4.69, 9.17) is 5.26 Å². The molecular formula is C13H19N3O. The van der Waals surface area contributed by atoms with Gasteiger partial charge in [-0.15, -0.1) is 0 Å². The van der Waals surface area contributed by atoms with Crippen molar-refractivity contribution in [1.82, 2.24) is 10.2 Å². The van der Waals surface area contributed by atoms with Crippen molar-refractivity contribution < 1.29 is 4.79 Å². The molecule has 0 aromatic rings. The van der Waals surface area contributed by atoms with E-state index < -0.39 is 0 Å². The Labute approximate surface area is 102 Å². The van der Waals surface area contributed by atoms with Crippen LogP contribution in [-0.4, -0.2) is 35.5 Å². The molecule has 3 aliphatic rings. The largest absolute Gasteiger partial charge is 0.322 e. The van der Waals surface area contributed by atoms with Crippen LogP contribution in [0, 0.1) is 22.7 Å². The van der Waals surface area contributed by atoms with Gasteiger partial charge in [-0.1, -0.05) is 13.8 Å². The summed E-state index contributed by atoms with van der Waals surface area (Å²) < 4.78 is 0. The van der Waals surface area contributed by atoms with Gasteiger partial charge in [-0.3, -0.25) is 4.79 Å². The van der Waals surface area contributed by atoms with E-state index in [0.29, 0.717) is 12.0 Å². The van der Waals surface area contributed by atoms with Gasteiger partial charge in [0.25, 0.3) is 0 Å². The predicted molar refractivity (Wildman–Crippen MR) is 62.9 cm³/mol. The summed E-state index contributed by atoms with van der Waals surface area (Å²) >= 11 is 0. The molecule has 2 saturated heterocycles. The third kappa shape index (κ3) is 1.56. The van der Waals surface area contributed by atoms with Crippen molar-refractivity contribution in [1.29, 1.82) is 5.26 Å². The van der Waals surface area contributed by atoms with E-state index in [1.807, 2.05) is 4.90 Å². The molecule has 1 saturated carbocycles. The van der Waals surface area contributed by atoms with Gasteiger partial charge in [0.15, 0.2) is 0 Å². The monoisotopic (exact) mass is 233 g/mol. The number of hydrogen-bond donors (Lipinski definition) is 1. The van der Waals surface area contributed by atoms with E-state index in [9.17, 15) is 4.79 Å². The Kier molecular flexibility index (Phi) is 2.24. The highest BCUT2D eigenvalue weighted by molar-refractivity contribution is 5.85. The molecule has 0 spiro atoms. The van der Waals surface area contributed by atoms with Gasteiger partial charge in [0.1, 0.15) is 6.04 Å². The van der Waals surface area contributed by atoms with Crippen molar-refractivity contribution in [2.45, 2.75) is 51.2 Å². The Bertz CT molecular complexity index is 398. The Balaban J connectivity index is 1.80. The number of piperidine rings is 1. The van der Waals surface area contributed by atoms with Gasteiger partial charge in [-0.25, -0.2) is 0 Å². The summed E-state index contributed by atoms with van der Waals surface area (Å²) in [6.45, 7) is 5.18. The van der Waals surface area contributed by atoms with E-state index in [1.54, 1.807) is 0 Å². The number of nitrogens with zero attached hydrogens (tertiary/aromatic N) is 2. The molecule has 4 heteroatoms. The SMILES string of the molecule is CC1(C)CCNC1C(=O)N1C(C#N)C[C@@H]2C[C@@H]21. The summed E-state index contributed by atoms with van der Waals surface area (Å²) in [5.41, 5.74) is 0.0179. The highest BCUT2D eigenvalue weighted by Gasteiger charge is 2.56. The Morgan fingerprint density at radius 1 is 1.47 bits per heavy atom.